The number of sulfonamides is 1. The molecule has 0 aliphatic carbocycles. The molecule has 0 aliphatic heterocycles. The average molecular weight is 372 g/mol. The molecule has 26 heavy (non-hydrogen) atoms. The molecule has 0 unspecified atom stereocenters. The maximum atomic E-state index is 12.3. The Morgan fingerprint density at radius 2 is 1.73 bits per heavy atom. The van der Waals surface area contributed by atoms with Gasteiger partial charge in [0.2, 0.25) is 10.0 Å². The number of unbranched alkanes of at least 4 members (excludes halogenated alkanes) is 1. The number of hydrogen-bond donors (Lipinski definition) is 2. The molecule has 0 bridgehead atoms. The zero-order valence-corrected chi connectivity index (χ0v) is 15.7. The van der Waals surface area contributed by atoms with E-state index in [-0.39, 0.29) is 17.3 Å². The number of benzene rings is 2. The number of hydrogen-bond acceptors (Lipinski definition) is 3. The summed E-state index contributed by atoms with van der Waals surface area (Å²) in [6.45, 7) is 5.78. The fraction of sp³-hybridized carbons (Fsp3) is 0.250. The van der Waals surface area contributed by atoms with Gasteiger partial charge in [0, 0.05) is 17.8 Å². The van der Waals surface area contributed by atoms with Crippen molar-refractivity contribution in [1.29, 1.82) is 0 Å². The largest absolute Gasteiger partial charge is 0.322 e. The standard InChI is InChI=1S/C20H24N2O3S/c1-3-5-6-16-7-11-18(12-8-16)22-20(23)17-9-13-19(14-10-17)26(24,25)21-15-4-2/h4,7-14,21H,2-3,5-6,15H2,1H3,(H,22,23). The van der Waals surface area contributed by atoms with Gasteiger partial charge >= 0.3 is 0 Å². The van der Waals surface area contributed by atoms with E-state index in [1.54, 1.807) is 0 Å². The van der Waals surface area contributed by atoms with E-state index >= 15 is 0 Å². The molecule has 0 saturated carbocycles. The predicted octanol–water partition coefficient (Wildman–Crippen LogP) is 3.75. The van der Waals surface area contributed by atoms with Crippen LogP contribution in [-0.2, 0) is 16.4 Å². The number of nitrogens with one attached hydrogen (secondary N) is 2. The van der Waals surface area contributed by atoms with E-state index in [1.165, 1.54) is 35.9 Å². The van der Waals surface area contributed by atoms with Crippen LogP contribution in [0.25, 0.3) is 0 Å². The Morgan fingerprint density at radius 3 is 2.31 bits per heavy atom. The molecule has 0 saturated heterocycles. The van der Waals surface area contributed by atoms with Gasteiger partial charge in [-0.1, -0.05) is 31.6 Å². The molecule has 2 rings (SSSR count). The van der Waals surface area contributed by atoms with Crippen LogP contribution in [0.4, 0.5) is 5.69 Å². The summed E-state index contributed by atoms with van der Waals surface area (Å²) in [6, 6.07) is 13.6. The summed E-state index contributed by atoms with van der Waals surface area (Å²) in [5.74, 6) is -0.283. The van der Waals surface area contributed by atoms with Crippen molar-refractivity contribution in [2.45, 2.75) is 31.1 Å². The highest BCUT2D eigenvalue weighted by Crippen LogP contribution is 2.15. The van der Waals surface area contributed by atoms with Crippen molar-refractivity contribution in [3.8, 4) is 0 Å². The minimum absolute atomic E-state index is 0.108. The van der Waals surface area contributed by atoms with E-state index < -0.39 is 10.0 Å². The van der Waals surface area contributed by atoms with Gasteiger partial charge < -0.3 is 5.32 Å². The van der Waals surface area contributed by atoms with Gasteiger partial charge in [0.15, 0.2) is 0 Å². The highest BCUT2D eigenvalue weighted by molar-refractivity contribution is 7.89. The van der Waals surface area contributed by atoms with Crippen molar-refractivity contribution in [2.75, 3.05) is 11.9 Å². The summed E-state index contributed by atoms with van der Waals surface area (Å²) in [5.41, 5.74) is 2.34. The van der Waals surface area contributed by atoms with Crippen LogP contribution in [0.3, 0.4) is 0 Å². The lowest BCUT2D eigenvalue weighted by Gasteiger charge is -2.08. The fourth-order valence-corrected chi connectivity index (χ4v) is 3.37. The third-order valence-corrected chi connectivity index (χ3v) is 5.31. The number of carbonyl (C=O) groups excluding carboxylic acids is 1. The zero-order chi connectivity index (χ0) is 19.0. The molecule has 2 aromatic rings. The molecule has 5 nitrogen and oxygen atoms in total. The van der Waals surface area contributed by atoms with Crippen LogP contribution < -0.4 is 10.0 Å². The zero-order valence-electron chi connectivity index (χ0n) is 14.9. The van der Waals surface area contributed by atoms with Crippen LogP contribution in [0.2, 0.25) is 0 Å². The summed E-state index contributed by atoms with van der Waals surface area (Å²) >= 11 is 0. The molecule has 0 radical (unpaired) electrons. The number of aryl methyl sites for hydroxylation is 1. The summed E-state index contributed by atoms with van der Waals surface area (Å²) in [6.07, 6.45) is 4.78. The monoisotopic (exact) mass is 372 g/mol. The summed E-state index contributed by atoms with van der Waals surface area (Å²) in [4.78, 5) is 12.4. The Labute approximate surface area is 155 Å². The molecule has 0 fully saturated rings. The van der Waals surface area contributed by atoms with E-state index in [0.717, 1.165) is 19.3 Å². The summed E-state index contributed by atoms with van der Waals surface area (Å²) < 4.78 is 26.4. The molecule has 1 amide bonds. The molecule has 0 heterocycles. The fourth-order valence-electron chi connectivity index (χ4n) is 2.38. The molecule has 2 N–H and O–H groups in total. The lowest BCUT2D eigenvalue weighted by molar-refractivity contribution is 0.102. The molecule has 138 valence electrons. The van der Waals surface area contributed by atoms with Crippen molar-refractivity contribution in [2.24, 2.45) is 0 Å². The van der Waals surface area contributed by atoms with E-state index in [9.17, 15) is 13.2 Å². The van der Waals surface area contributed by atoms with Gasteiger partial charge in [-0.25, -0.2) is 13.1 Å². The first-order valence-electron chi connectivity index (χ1n) is 8.57. The SMILES string of the molecule is C=CCNS(=O)(=O)c1ccc(C(=O)Nc2ccc(CCCC)cc2)cc1. The van der Waals surface area contributed by atoms with Crippen molar-refractivity contribution < 1.29 is 13.2 Å². The van der Waals surface area contributed by atoms with Gasteiger partial charge in [0.25, 0.3) is 5.91 Å². The van der Waals surface area contributed by atoms with E-state index in [4.69, 9.17) is 0 Å². The van der Waals surface area contributed by atoms with Crippen molar-refractivity contribution in [3.63, 3.8) is 0 Å². The van der Waals surface area contributed by atoms with Gasteiger partial charge in [-0.05, 0) is 54.8 Å². The van der Waals surface area contributed by atoms with Crippen molar-refractivity contribution in [1.82, 2.24) is 4.72 Å². The third kappa shape index (κ3) is 5.54. The molecule has 6 heteroatoms. The number of amides is 1. The first-order valence-corrected chi connectivity index (χ1v) is 10.1. The molecule has 2 aromatic carbocycles. The van der Waals surface area contributed by atoms with Crippen LogP contribution in [-0.4, -0.2) is 20.9 Å². The highest BCUT2D eigenvalue weighted by Gasteiger charge is 2.14. The molecular weight excluding hydrogens is 348 g/mol. The summed E-state index contributed by atoms with van der Waals surface area (Å²) in [7, 11) is -3.59. The van der Waals surface area contributed by atoms with Crippen LogP contribution in [0.5, 0.6) is 0 Å². The van der Waals surface area contributed by atoms with Gasteiger partial charge in [-0.3, -0.25) is 4.79 Å². The van der Waals surface area contributed by atoms with Gasteiger partial charge in [0.1, 0.15) is 0 Å². The van der Waals surface area contributed by atoms with Crippen LogP contribution >= 0.6 is 0 Å². The Bertz CT molecular complexity index is 842. The third-order valence-electron chi connectivity index (χ3n) is 3.88. The first-order chi connectivity index (χ1) is 12.5. The first kappa shape index (κ1) is 19.9. The van der Waals surface area contributed by atoms with E-state index in [2.05, 4.69) is 23.5 Å². The summed E-state index contributed by atoms with van der Waals surface area (Å²) in [5, 5.41) is 2.82. The maximum Gasteiger partial charge on any atom is 0.255 e. The van der Waals surface area contributed by atoms with Crippen molar-refractivity contribution in [3.05, 3.63) is 72.3 Å². The Kier molecular flexibility index (Phi) is 7.12. The Balaban J connectivity index is 2.02. The molecule has 0 spiro atoms. The van der Waals surface area contributed by atoms with Gasteiger partial charge in [-0.15, -0.1) is 6.58 Å². The normalized spacial score (nSPS) is 11.1. The second-order valence-electron chi connectivity index (χ2n) is 5.92. The minimum Gasteiger partial charge on any atom is -0.322 e. The second-order valence-corrected chi connectivity index (χ2v) is 7.69. The van der Waals surface area contributed by atoms with Gasteiger partial charge in [0.05, 0.1) is 4.90 Å². The highest BCUT2D eigenvalue weighted by atomic mass is 32.2. The average Bonchev–Trinajstić information content (AvgIpc) is 2.66. The second kappa shape index (κ2) is 9.31. The number of anilines is 1. The lowest BCUT2D eigenvalue weighted by atomic mass is 10.1. The molecule has 0 aromatic heterocycles. The lowest BCUT2D eigenvalue weighted by Crippen LogP contribution is -2.23. The smallest absolute Gasteiger partial charge is 0.255 e. The number of rotatable bonds is 9. The van der Waals surface area contributed by atoms with Crippen LogP contribution in [0, 0.1) is 0 Å². The topological polar surface area (TPSA) is 75.3 Å². The quantitative estimate of drug-likeness (QED) is 0.658. The molecule has 0 aliphatic rings. The Hall–Kier alpha value is -2.44. The molecular formula is C20H24N2O3S. The minimum atomic E-state index is -3.59. The van der Waals surface area contributed by atoms with Crippen molar-refractivity contribution >= 4 is 21.6 Å². The van der Waals surface area contributed by atoms with E-state index in [1.807, 2.05) is 24.3 Å². The Morgan fingerprint density at radius 1 is 1.08 bits per heavy atom. The maximum absolute atomic E-state index is 12.3. The predicted molar refractivity (Wildman–Crippen MR) is 105 cm³/mol. The number of carbonyl (C=O) groups is 1. The van der Waals surface area contributed by atoms with E-state index in [0.29, 0.717) is 11.3 Å². The van der Waals surface area contributed by atoms with Gasteiger partial charge in [-0.2, -0.15) is 0 Å². The van der Waals surface area contributed by atoms with Crippen LogP contribution in [0.15, 0.2) is 66.1 Å². The van der Waals surface area contributed by atoms with Crippen LogP contribution in [0.1, 0.15) is 35.7 Å². The molecule has 0 atom stereocenters.